The van der Waals surface area contributed by atoms with Gasteiger partial charge in [0.05, 0.1) is 18.6 Å². The maximum absolute atomic E-state index is 11.2. The quantitative estimate of drug-likeness (QED) is 0.689. The van der Waals surface area contributed by atoms with E-state index in [-0.39, 0.29) is 12.4 Å². The molecule has 3 nitrogen and oxygen atoms in total. The maximum Gasteiger partial charge on any atom is 0.308 e. The molecule has 0 aliphatic heterocycles. The van der Waals surface area contributed by atoms with Gasteiger partial charge in [0.2, 0.25) is 0 Å². The molecule has 1 N–H and O–H groups in total. The molecule has 1 rings (SSSR count). The van der Waals surface area contributed by atoms with Crippen LogP contribution in [0.15, 0.2) is 0 Å². The summed E-state index contributed by atoms with van der Waals surface area (Å²) in [5.74, 6) is 0.316. The summed E-state index contributed by atoms with van der Waals surface area (Å²) in [6.07, 6.45) is 4.50. The summed E-state index contributed by atoms with van der Waals surface area (Å²) in [7, 11) is 0. The van der Waals surface area contributed by atoms with E-state index in [2.05, 4.69) is 0 Å². The summed E-state index contributed by atoms with van der Waals surface area (Å²) in [5.41, 5.74) is -0.878. The van der Waals surface area contributed by atoms with Crippen LogP contribution < -0.4 is 0 Å². The molecule has 0 aromatic carbocycles. The molecule has 14 heavy (non-hydrogen) atoms. The number of hydrogen-bond donors (Lipinski definition) is 1. The number of carbonyl (C=O) groups is 1. The van der Waals surface area contributed by atoms with Gasteiger partial charge in [0.1, 0.15) is 0 Å². The van der Waals surface area contributed by atoms with E-state index in [9.17, 15) is 9.90 Å². The molecule has 0 bridgehead atoms. The van der Waals surface area contributed by atoms with Crippen LogP contribution in [0, 0.1) is 5.92 Å². The fraction of sp³-hybridized carbons (Fsp3) is 0.909. The highest BCUT2D eigenvalue weighted by atomic mass is 16.5. The molecule has 1 atom stereocenters. The normalized spacial score (nSPS) is 21.1. The minimum atomic E-state index is -0.878. The van der Waals surface area contributed by atoms with Gasteiger partial charge in [0.25, 0.3) is 0 Å². The Balaban J connectivity index is 2.27. The van der Waals surface area contributed by atoms with Gasteiger partial charge in [-0.05, 0) is 26.2 Å². The van der Waals surface area contributed by atoms with E-state index in [1.54, 1.807) is 13.8 Å². The average molecular weight is 200 g/mol. The molecule has 0 aromatic heterocycles. The Bertz CT molecular complexity index is 195. The number of ether oxygens (including phenoxy) is 1. The molecule has 1 fully saturated rings. The van der Waals surface area contributed by atoms with Gasteiger partial charge in [-0.2, -0.15) is 0 Å². The van der Waals surface area contributed by atoms with Gasteiger partial charge < -0.3 is 9.84 Å². The summed E-state index contributed by atoms with van der Waals surface area (Å²) >= 11 is 0. The van der Waals surface area contributed by atoms with Crippen LogP contribution in [-0.4, -0.2) is 23.3 Å². The van der Waals surface area contributed by atoms with Crippen molar-refractivity contribution in [3.63, 3.8) is 0 Å². The fourth-order valence-electron chi connectivity index (χ4n) is 1.91. The monoisotopic (exact) mass is 200 g/mol. The van der Waals surface area contributed by atoms with Crippen molar-refractivity contribution in [2.24, 2.45) is 5.92 Å². The lowest BCUT2D eigenvalue weighted by Gasteiger charge is -2.32. The molecule has 82 valence electrons. The first-order chi connectivity index (χ1) is 6.53. The zero-order chi connectivity index (χ0) is 10.6. The molecule has 3 heteroatoms. The summed E-state index contributed by atoms with van der Waals surface area (Å²) in [4.78, 5) is 11.2. The van der Waals surface area contributed by atoms with Crippen molar-refractivity contribution in [2.75, 3.05) is 6.61 Å². The van der Waals surface area contributed by atoms with Crippen LogP contribution in [-0.2, 0) is 9.53 Å². The zero-order valence-corrected chi connectivity index (χ0v) is 9.08. The second-order valence-corrected chi connectivity index (χ2v) is 4.48. The second kappa shape index (κ2) is 4.78. The van der Waals surface area contributed by atoms with Crippen LogP contribution in [0.5, 0.6) is 0 Å². The van der Waals surface area contributed by atoms with Gasteiger partial charge in [-0.1, -0.05) is 19.3 Å². The van der Waals surface area contributed by atoms with Crippen LogP contribution in [0.2, 0.25) is 0 Å². The smallest absolute Gasteiger partial charge is 0.308 e. The van der Waals surface area contributed by atoms with Gasteiger partial charge in [-0.25, -0.2) is 0 Å². The van der Waals surface area contributed by atoms with E-state index in [1.807, 2.05) is 0 Å². The Morgan fingerprint density at radius 1 is 1.57 bits per heavy atom. The van der Waals surface area contributed by atoms with Crippen molar-refractivity contribution in [3.8, 4) is 0 Å². The SMILES string of the molecule is CCOC(=O)CC(C)(O)CC1CCC1. The highest BCUT2D eigenvalue weighted by molar-refractivity contribution is 5.70. The largest absolute Gasteiger partial charge is 0.466 e. The third kappa shape index (κ3) is 3.66. The molecule has 1 aliphatic carbocycles. The van der Waals surface area contributed by atoms with Gasteiger partial charge in [0, 0.05) is 0 Å². The van der Waals surface area contributed by atoms with Crippen molar-refractivity contribution in [1.29, 1.82) is 0 Å². The molecular weight excluding hydrogens is 180 g/mol. The molecular formula is C11H20O3. The van der Waals surface area contributed by atoms with Crippen molar-refractivity contribution >= 4 is 5.97 Å². The Kier molecular flexibility index (Phi) is 3.93. The molecule has 0 saturated heterocycles. The minimum Gasteiger partial charge on any atom is -0.466 e. The maximum atomic E-state index is 11.2. The lowest BCUT2D eigenvalue weighted by Crippen LogP contribution is -2.33. The van der Waals surface area contributed by atoms with E-state index in [1.165, 1.54) is 19.3 Å². The van der Waals surface area contributed by atoms with Gasteiger partial charge in [0.15, 0.2) is 0 Å². The lowest BCUT2D eigenvalue weighted by molar-refractivity contribution is -0.148. The van der Waals surface area contributed by atoms with Crippen molar-refractivity contribution in [3.05, 3.63) is 0 Å². The zero-order valence-electron chi connectivity index (χ0n) is 9.08. The first-order valence-corrected chi connectivity index (χ1v) is 5.41. The van der Waals surface area contributed by atoms with Gasteiger partial charge >= 0.3 is 5.97 Å². The molecule has 0 aromatic rings. The second-order valence-electron chi connectivity index (χ2n) is 4.48. The summed E-state index contributed by atoms with van der Waals surface area (Å²) in [5, 5.41) is 9.95. The number of aliphatic hydroxyl groups is 1. The topological polar surface area (TPSA) is 46.5 Å². The fourth-order valence-corrected chi connectivity index (χ4v) is 1.91. The Hall–Kier alpha value is -0.570. The Labute approximate surface area is 85.5 Å². The molecule has 0 amide bonds. The molecule has 1 unspecified atom stereocenters. The lowest BCUT2D eigenvalue weighted by atomic mass is 9.77. The number of esters is 1. The molecule has 0 radical (unpaired) electrons. The first kappa shape index (κ1) is 11.5. The van der Waals surface area contributed by atoms with Crippen LogP contribution in [0.3, 0.4) is 0 Å². The minimum absolute atomic E-state index is 0.122. The third-order valence-corrected chi connectivity index (χ3v) is 2.78. The van der Waals surface area contributed by atoms with Crippen LogP contribution >= 0.6 is 0 Å². The third-order valence-electron chi connectivity index (χ3n) is 2.78. The summed E-state index contributed by atoms with van der Waals surface area (Å²) < 4.78 is 4.81. The van der Waals surface area contributed by atoms with Crippen LogP contribution in [0.25, 0.3) is 0 Å². The standard InChI is InChI=1S/C11H20O3/c1-3-14-10(12)8-11(2,13)7-9-5-4-6-9/h9,13H,3-8H2,1-2H3. The van der Waals surface area contributed by atoms with Crippen LogP contribution in [0.4, 0.5) is 0 Å². The Morgan fingerprint density at radius 3 is 2.64 bits per heavy atom. The van der Waals surface area contributed by atoms with Gasteiger partial charge in [-0.15, -0.1) is 0 Å². The van der Waals surface area contributed by atoms with E-state index in [0.29, 0.717) is 12.5 Å². The predicted molar refractivity (Wildman–Crippen MR) is 53.8 cm³/mol. The Morgan fingerprint density at radius 2 is 2.21 bits per heavy atom. The predicted octanol–water partition coefficient (Wildman–Crippen LogP) is 1.88. The summed E-state index contributed by atoms with van der Waals surface area (Å²) in [6, 6.07) is 0. The van der Waals surface area contributed by atoms with Gasteiger partial charge in [-0.3, -0.25) is 4.79 Å². The molecule has 1 saturated carbocycles. The molecule has 0 heterocycles. The van der Waals surface area contributed by atoms with E-state index in [0.717, 1.165) is 6.42 Å². The van der Waals surface area contributed by atoms with E-state index >= 15 is 0 Å². The first-order valence-electron chi connectivity index (χ1n) is 5.41. The highest BCUT2D eigenvalue weighted by Crippen LogP contribution is 2.34. The molecule has 1 aliphatic rings. The van der Waals surface area contributed by atoms with Crippen molar-refractivity contribution in [1.82, 2.24) is 0 Å². The number of carbonyl (C=O) groups excluding carboxylic acids is 1. The number of hydrogen-bond acceptors (Lipinski definition) is 3. The van der Waals surface area contributed by atoms with Crippen molar-refractivity contribution < 1.29 is 14.6 Å². The summed E-state index contributed by atoms with van der Waals surface area (Å²) in [6.45, 7) is 3.89. The van der Waals surface area contributed by atoms with E-state index < -0.39 is 5.60 Å². The molecule has 0 spiro atoms. The average Bonchev–Trinajstić information content (AvgIpc) is 1.96. The van der Waals surface area contributed by atoms with Crippen molar-refractivity contribution in [2.45, 2.75) is 51.6 Å². The van der Waals surface area contributed by atoms with Crippen LogP contribution in [0.1, 0.15) is 46.0 Å². The van der Waals surface area contributed by atoms with E-state index in [4.69, 9.17) is 4.74 Å². The highest BCUT2D eigenvalue weighted by Gasteiger charge is 2.31. The number of rotatable bonds is 5.